The van der Waals surface area contributed by atoms with Crippen LogP contribution in [0.5, 0.6) is 0 Å². The highest BCUT2D eigenvalue weighted by Gasteiger charge is 2.11. The van der Waals surface area contributed by atoms with Crippen molar-refractivity contribution < 1.29 is 4.39 Å². The lowest BCUT2D eigenvalue weighted by Crippen LogP contribution is -2.15. The molecule has 0 fully saturated rings. The molecule has 0 spiro atoms. The minimum atomic E-state index is -0.350. The zero-order chi connectivity index (χ0) is 12.3. The number of halogens is 2. The minimum absolute atomic E-state index is 0.348. The van der Waals surface area contributed by atoms with Gasteiger partial charge in [-0.15, -0.1) is 0 Å². The summed E-state index contributed by atoms with van der Waals surface area (Å²) >= 11 is 3.37. The lowest BCUT2D eigenvalue weighted by Gasteiger charge is -2.12. The van der Waals surface area contributed by atoms with Crippen LogP contribution in [0.4, 0.5) is 4.39 Å². The van der Waals surface area contributed by atoms with E-state index in [0.29, 0.717) is 12.0 Å². The Bertz CT molecular complexity index is 499. The summed E-state index contributed by atoms with van der Waals surface area (Å²) in [7, 11) is 0. The molecule has 1 aromatic heterocycles. The van der Waals surface area contributed by atoms with Crippen LogP contribution in [0.25, 0.3) is 0 Å². The molecule has 2 N–H and O–H groups in total. The van der Waals surface area contributed by atoms with Crippen molar-refractivity contribution in [1.82, 2.24) is 4.98 Å². The van der Waals surface area contributed by atoms with E-state index in [1.54, 1.807) is 12.3 Å². The molecule has 0 bridgehead atoms. The monoisotopic (exact) mass is 294 g/mol. The lowest BCUT2D eigenvalue weighted by molar-refractivity contribution is 0.574. The number of nitrogens with zero attached hydrogens (tertiary/aromatic N) is 1. The molecule has 0 saturated carbocycles. The SMILES string of the molecule is NC(Cc1ccc(Br)cc1)c1ccncc1F. The zero-order valence-corrected chi connectivity index (χ0v) is 10.7. The predicted molar refractivity (Wildman–Crippen MR) is 69.0 cm³/mol. The molecule has 2 rings (SSSR count). The molecule has 1 atom stereocenters. The summed E-state index contributed by atoms with van der Waals surface area (Å²) in [6.07, 6.45) is 3.35. The molecule has 17 heavy (non-hydrogen) atoms. The van der Waals surface area contributed by atoms with Crippen molar-refractivity contribution in [2.75, 3.05) is 0 Å². The molecule has 0 aliphatic heterocycles. The second-order valence-electron chi connectivity index (χ2n) is 3.83. The van der Waals surface area contributed by atoms with E-state index in [2.05, 4.69) is 20.9 Å². The van der Waals surface area contributed by atoms with Crippen molar-refractivity contribution in [3.05, 3.63) is 64.1 Å². The lowest BCUT2D eigenvalue weighted by atomic mass is 10.0. The molecule has 1 aromatic carbocycles. The Kier molecular flexibility index (Phi) is 3.86. The maximum absolute atomic E-state index is 13.5. The Morgan fingerprint density at radius 1 is 1.24 bits per heavy atom. The van der Waals surface area contributed by atoms with Crippen molar-refractivity contribution in [3.8, 4) is 0 Å². The maximum Gasteiger partial charge on any atom is 0.146 e. The van der Waals surface area contributed by atoms with Crippen LogP contribution in [0.1, 0.15) is 17.2 Å². The van der Waals surface area contributed by atoms with Crippen LogP contribution in [-0.4, -0.2) is 4.98 Å². The van der Waals surface area contributed by atoms with Crippen molar-refractivity contribution in [2.24, 2.45) is 5.73 Å². The third-order valence-electron chi connectivity index (χ3n) is 2.57. The Labute approximate surface area is 108 Å². The van der Waals surface area contributed by atoms with Crippen molar-refractivity contribution >= 4 is 15.9 Å². The van der Waals surface area contributed by atoms with Crippen LogP contribution in [0.15, 0.2) is 47.2 Å². The second kappa shape index (κ2) is 5.38. The second-order valence-corrected chi connectivity index (χ2v) is 4.75. The molecule has 1 unspecified atom stereocenters. The van der Waals surface area contributed by atoms with E-state index in [-0.39, 0.29) is 11.9 Å². The van der Waals surface area contributed by atoms with Crippen LogP contribution < -0.4 is 5.73 Å². The first kappa shape index (κ1) is 12.2. The molecule has 0 amide bonds. The van der Waals surface area contributed by atoms with E-state index >= 15 is 0 Å². The largest absolute Gasteiger partial charge is 0.324 e. The molecule has 0 aliphatic carbocycles. The Morgan fingerprint density at radius 3 is 2.59 bits per heavy atom. The van der Waals surface area contributed by atoms with Gasteiger partial charge in [-0.2, -0.15) is 0 Å². The van der Waals surface area contributed by atoms with Crippen LogP contribution >= 0.6 is 15.9 Å². The van der Waals surface area contributed by atoms with Gasteiger partial charge in [-0.25, -0.2) is 4.39 Å². The third-order valence-corrected chi connectivity index (χ3v) is 3.10. The van der Waals surface area contributed by atoms with Gasteiger partial charge in [0.05, 0.1) is 6.20 Å². The minimum Gasteiger partial charge on any atom is -0.324 e. The fourth-order valence-electron chi connectivity index (χ4n) is 1.67. The summed E-state index contributed by atoms with van der Waals surface area (Å²) in [6, 6.07) is 9.13. The van der Waals surface area contributed by atoms with E-state index in [0.717, 1.165) is 10.0 Å². The molecule has 0 aliphatic rings. The Morgan fingerprint density at radius 2 is 1.94 bits per heavy atom. The molecule has 2 nitrogen and oxygen atoms in total. The van der Waals surface area contributed by atoms with Crippen LogP contribution in [-0.2, 0) is 6.42 Å². The smallest absolute Gasteiger partial charge is 0.146 e. The topological polar surface area (TPSA) is 38.9 Å². The van der Waals surface area contributed by atoms with E-state index in [1.807, 2.05) is 24.3 Å². The van der Waals surface area contributed by atoms with Gasteiger partial charge in [-0.3, -0.25) is 4.98 Å². The molecule has 88 valence electrons. The number of aromatic nitrogens is 1. The van der Waals surface area contributed by atoms with E-state index in [4.69, 9.17) is 5.73 Å². The molecular weight excluding hydrogens is 283 g/mol. The molecule has 4 heteroatoms. The van der Waals surface area contributed by atoms with E-state index in [9.17, 15) is 4.39 Å². The van der Waals surface area contributed by atoms with E-state index in [1.165, 1.54) is 6.20 Å². The summed E-state index contributed by atoms with van der Waals surface area (Å²) in [5.41, 5.74) is 7.57. The fraction of sp³-hybridized carbons (Fsp3) is 0.154. The number of hydrogen-bond acceptors (Lipinski definition) is 2. The van der Waals surface area contributed by atoms with Gasteiger partial charge in [0.2, 0.25) is 0 Å². The summed E-state index contributed by atoms with van der Waals surface area (Å²) in [6.45, 7) is 0. The number of rotatable bonds is 3. The summed E-state index contributed by atoms with van der Waals surface area (Å²) in [5.74, 6) is -0.350. The molecule has 1 heterocycles. The van der Waals surface area contributed by atoms with Crippen LogP contribution in [0, 0.1) is 5.82 Å². The van der Waals surface area contributed by atoms with Gasteiger partial charge in [-0.1, -0.05) is 28.1 Å². The van der Waals surface area contributed by atoms with Gasteiger partial charge in [0.1, 0.15) is 5.82 Å². The Balaban J connectivity index is 2.14. The zero-order valence-electron chi connectivity index (χ0n) is 9.11. The highest BCUT2D eigenvalue weighted by atomic mass is 79.9. The highest BCUT2D eigenvalue weighted by Crippen LogP contribution is 2.19. The number of pyridine rings is 1. The van der Waals surface area contributed by atoms with Gasteiger partial charge in [-0.05, 0) is 30.2 Å². The highest BCUT2D eigenvalue weighted by molar-refractivity contribution is 9.10. The number of nitrogens with two attached hydrogens (primary N) is 1. The standard InChI is InChI=1S/C13H12BrFN2/c14-10-3-1-9(2-4-10)7-13(16)11-5-6-17-8-12(11)15/h1-6,8,13H,7,16H2. The average Bonchev–Trinajstić information content (AvgIpc) is 2.32. The summed E-state index contributed by atoms with van der Waals surface area (Å²) < 4.78 is 14.5. The number of benzene rings is 1. The van der Waals surface area contributed by atoms with Gasteiger partial charge in [0.25, 0.3) is 0 Å². The molecule has 0 radical (unpaired) electrons. The Hall–Kier alpha value is -1.26. The maximum atomic E-state index is 13.5. The first-order chi connectivity index (χ1) is 8.16. The van der Waals surface area contributed by atoms with Gasteiger partial charge in [0, 0.05) is 22.3 Å². The van der Waals surface area contributed by atoms with Crippen LogP contribution in [0.2, 0.25) is 0 Å². The number of hydrogen-bond donors (Lipinski definition) is 1. The van der Waals surface area contributed by atoms with Crippen molar-refractivity contribution in [1.29, 1.82) is 0 Å². The van der Waals surface area contributed by atoms with Crippen molar-refractivity contribution in [3.63, 3.8) is 0 Å². The fourth-order valence-corrected chi connectivity index (χ4v) is 1.94. The average molecular weight is 295 g/mol. The van der Waals surface area contributed by atoms with Gasteiger partial charge < -0.3 is 5.73 Å². The van der Waals surface area contributed by atoms with E-state index < -0.39 is 0 Å². The third kappa shape index (κ3) is 3.11. The van der Waals surface area contributed by atoms with Crippen LogP contribution in [0.3, 0.4) is 0 Å². The molecular formula is C13H12BrFN2. The first-order valence-corrected chi connectivity index (χ1v) is 6.05. The summed E-state index contributed by atoms with van der Waals surface area (Å²) in [4.78, 5) is 3.71. The molecule has 0 saturated heterocycles. The molecule has 2 aromatic rings. The normalized spacial score (nSPS) is 12.4. The predicted octanol–water partition coefficient (Wildman–Crippen LogP) is 3.23. The van der Waals surface area contributed by atoms with Gasteiger partial charge >= 0.3 is 0 Å². The summed E-state index contributed by atoms with van der Waals surface area (Å²) in [5, 5.41) is 0. The first-order valence-electron chi connectivity index (χ1n) is 5.26. The van der Waals surface area contributed by atoms with Crippen molar-refractivity contribution in [2.45, 2.75) is 12.5 Å². The van der Waals surface area contributed by atoms with Gasteiger partial charge in [0.15, 0.2) is 0 Å². The quantitative estimate of drug-likeness (QED) is 0.944.